The first kappa shape index (κ1) is 62.1. The second-order valence-electron chi connectivity index (χ2n) is 15.7. The van der Waals surface area contributed by atoms with Gasteiger partial charge in [0.25, 0.3) is 10.1 Å². The molecule has 1 saturated heterocycles. The standard InChI is InChI=1S/C46H90O18S/c1-4-6-7-8-9-10-11-12-13-16-46(3)63-43-45(64-46)42-61-41-44(40-60-17-5-2)62-38-37-59-36-35-58-34-33-57-32-31-56-30-29-55-28-27-54-26-25-53-24-23-52-22-21-51-20-19-50-18-14-15-39-65(47,48)49/h5,44-45H,2,4,6-43H2,1,3H3,(H,47,48,49). The summed E-state index contributed by atoms with van der Waals surface area (Å²) < 4.78 is 115. The molecule has 0 amide bonds. The first-order valence-electron chi connectivity index (χ1n) is 24.2. The Morgan fingerprint density at radius 3 is 1.38 bits per heavy atom. The zero-order chi connectivity index (χ0) is 47.0. The third kappa shape index (κ3) is 45.3. The number of ether oxygens (including phenoxy) is 15. The lowest BCUT2D eigenvalue weighted by molar-refractivity contribution is -0.166. The molecular formula is C46H90O18S. The molecule has 0 spiro atoms. The molecule has 1 heterocycles. The minimum absolute atomic E-state index is 0.0912. The summed E-state index contributed by atoms with van der Waals surface area (Å²) >= 11 is 0. The molecule has 1 N–H and O–H groups in total. The van der Waals surface area contributed by atoms with Gasteiger partial charge in [-0.25, -0.2) is 0 Å². The van der Waals surface area contributed by atoms with E-state index in [1.165, 1.54) is 51.4 Å². The van der Waals surface area contributed by atoms with Crippen LogP contribution in [0.5, 0.6) is 0 Å². The Balaban J connectivity index is 1.83. The van der Waals surface area contributed by atoms with Crippen LogP contribution in [0.1, 0.15) is 90.9 Å². The third-order valence-corrected chi connectivity index (χ3v) is 10.5. The quantitative estimate of drug-likeness (QED) is 0.0458. The molecule has 0 aromatic heterocycles. The highest BCUT2D eigenvalue weighted by Crippen LogP contribution is 2.29. The maximum absolute atomic E-state index is 10.6. The average molecular weight is 963 g/mol. The zero-order valence-corrected chi connectivity index (χ0v) is 41.1. The van der Waals surface area contributed by atoms with Crippen molar-refractivity contribution < 1.29 is 84.0 Å². The van der Waals surface area contributed by atoms with E-state index in [0.29, 0.717) is 185 Å². The Kier molecular flexibility index (Phi) is 44.7. The lowest BCUT2D eigenvalue weighted by Crippen LogP contribution is -2.31. The van der Waals surface area contributed by atoms with Crippen molar-refractivity contribution in [3.05, 3.63) is 12.7 Å². The maximum atomic E-state index is 10.6. The molecule has 65 heavy (non-hydrogen) atoms. The molecule has 1 aliphatic heterocycles. The van der Waals surface area contributed by atoms with Crippen molar-refractivity contribution in [3.63, 3.8) is 0 Å². The van der Waals surface area contributed by atoms with Gasteiger partial charge in [-0.1, -0.05) is 64.4 Å². The van der Waals surface area contributed by atoms with Crippen LogP contribution in [0.4, 0.5) is 0 Å². The van der Waals surface area contributed by atoms with E-state index in [4.69, 9.17) is 75.6 Å². The highest BCUT2D eigenvalue weighted by Gasteiger charge is 2.36. The lowest BCUT2D eigenvalue weighted by atomic mass is 10.0. The molecule has 1 fully saturated rings. The van der Waals surface area contributed by atoms with Gasteiger partial charge in [-0.05, 0) is 26.2 Å². The summed E-state index contributed by atoms with van der Waals surface area (Å²) in [4.78, 5) is 0. The van der Waals surface area contributed by atoms with Gasteiger partial charge in [-0.15, -0.1) is 6.58 Å². The highest BCUT2D eigenvalue weighted by atomic mass is 32.2. The van der Waals surface area contributed by atoms with E-state index in [1.807, 2.05) is 6.92 Å². The molecule has 0 radical (unpaired) electrons. The number of rotatable bonds is 54. The molecule has 18 nitrogen and oxygen atoms in total. The average Bonchev–Trinajstić information content (AvgIpc) is 3.66. The van der Waals surface area contributed by atoms with E-state index in [-0.39, 0.29) is 18.0 Å². The van der Waals surface area contributed by atoms with E-state index in [1.54, 1.807) is 6.08 Å². The van der Waals surface area contributed by atoms with Gasteiger partial charge in [0.15, 0.2) is 5.79 Å². The number of unbranched alkanes of at least 4 members (excludes halogenated alkanes) is 9. The fourth-order valence-electron chi connectivity index (χ4n) is 6.26. The van der Waals surface area contributed by atoms with Crippen LogP contribution < -0.4 is 0 Å². The summed E-state index contributed by atoms with van der Waals surface area (Å²) in [6.45, 7) is 19.8. The SMILES string of the molecule is C=CCOCC(COCC1COC(C)(CCCCCCCCCCC)O1)OCCOCCOCCOCCOCCOCCOCCOCCOCCOCCOCCCCS(=O)(=O)O. The van der Waals surface area contributed by atoms with Crippen molar-refractivity contribution in [1.82, 2.24) is 0 Å². The van der Waals surface area contributed by atoms with Crippen LogP contribution in [0, 0.1) is 0 Å². The van der Waals surface area contributed by atoms with Gasteiger partial charge in [0.1, 0.15) is 12.2 Å². The first-order chi connectivity index (χ1) is 31.8. The van der Waals surface area contributed by atoms with Crippen LogP contribution in [0.2, 0.25) is 0 Å². The van der Waals surface area contributed by atoms with Crippen molar-refractivity contribution in [2.75, 3.05) is 178 Å². The molecule has 0 aliphatic carbocycles. The monoisotopic (exact) mass is 963 g/mol. The summed E-state index contributed by atoms with van der Waals surface area (Å²) in [6, 6.07) is 0. The Morgan fingerprint density at radius 1 is 0.554 bits per heavy atom. The van der Waals surface area contributed by atoms with E-state index in [0.717, 1.165) is 12.8 Å². The molecular weight excluding hydrogens is 873 g/mol. The molecule has 19 heteroatoms. The van der Waals surface area contributed by atoms with Gasteiger partial charge in [-0.2, -0.15) is 8.42 Å². The molecule has 0 saturated carbocycles. The first-order valence-corrected chi connectivity index (χ1v) is 25.8. The van der Waals surface area contributed by atoms with Gasteiger partial charge in [0.2, 0.25) is 0 Å². The maximum Gasteiger partial charge on any atom is 0.264 e. The Morgan fingerprint density at radius 2 is 0.954 bits per heavy atom. The van der Waals surface area contributed by atoms with Gasteiger partial charge < -0.3 is 71.1 Å². The van der Waals surface area contributed by atoms with Crippen molar-refractivity contribution in [1.29, 1.82) is 0 Å². The van der Waals surface area contributed by atoms with Gasteiger partial charge >= 0.3 is 0 Å². The fraction of sp³-hybridized carbons (Fsp3) is 0.957. The topological polar surface area (TPSA) is 193 Å². The second kappa shape index (κ2) is 46.8. The van der Waals surface area contributed by atoms with Crippen LogP contribution >= 0.6 is 0 Å². The summed E-state index contributed by atoms with van der Waals surface area (Å²) in [5, 5.41) is 0. The molecule has 388 valence electrons. The van der Waals surface area contributed by atoms with Crippen molar-refractivity contribution in [2.24, 2.45) is 0 Å². The molecule has 3 atom stereocenters. The predicted octanol–water partition coefficient (Wildman–Crippen LogP) is 5.48. The van der Waals surface area contributed by atoms with Crippen LogP contribution in [-0.2, 0) is 81.2 Å². The van der Waals surface area contributed by atoms with Crippen LogP contribution in [0.3, 0.4) is 0 Å². The summed E-state index contributed by atoms with van der Waals surface area (Å²) in [6.07, 6.45) is 14.9. The molecule has 0 aromatic carbocycles. The van der Waals surface area contributed by atoms with Gasteiger partial charge in [0.05, 0.1) is 171 Å². The van der Waals surface area contributed by atoms with Gasteiger partial charge in [-0.3, -0.25) is 4.55 Å². The van der Waals surface area contributed by atoms with Crippen LogP contribution in [-0.4, -0.2) is 208 Å². The van der Waals surface area contributed by atoms with E-state index < -0.39 is 15.9 Å². The Bertz CT molecular complexity index is 1110. The second-order valence-corrected chi connectivity index (χ2v) is 17.3. The summed E-state index contributed by atoms with van der Waals surface area (Å²) in [7, 11) is -3.90. The highest BCUT2D eigenvalue weighted by molar-refractivity contribution is 7.85. The van der Waals surface area contributed by atoms with E-state index in [2.05, 4.69) is 13.5 Å². The summed E-state index contributed by atoms with van der Waals surface area (Å²) in [5.74, 6) is -0.776. The minimum Gasteiger partial charge on any atom is -0.379 e. The number of hydrogen-bond donors (Lipinski definition) is 1. The van der Waals surface area contributed by atoms with E-state index >= 15 is 0 Å². The molecule has 1 rings (SSSR count). The lowest BCUT2D eigenvalue weighted by Gasteiger charge is -2.23. The van der Waals surface area contributed by atoms with Crippen molar-refractivity contribution in [2.45, 2.75) is 109 Å². The van der Waals surface area contributed by atoms with Crippen LogP contribution in [0.15, 0.2) is 12.7 Å². The third-order valence-electron chi connectivity index (χ3n) is 9.74. The van der Waals surface area contributed by atoms with Crippen molar-refractivity contribution in [3.8, 4) is 0 Å². The summed E-state index contributed by atoms with van der Waals surface area (Å²) in [5.41, 5.74) is 0. The molecule has 1 aliphatic rings. The molecule has 0 bridgehead atoms. The normalized spacial score (nSPS) is 17.1. The largest absolute Gasteiger partial charge is 0.379 e. The van der Waals surface area contributed by atoms with E-state index in [9.17, 15) is 8.42 Å². The van der Waals surface area contributed by atoms with Crippen LogP contribution in [0.25, 0.3) is 0 Å². The number of hydrogen-bond acceptors (Lipinski definition) is 17. The Hall–Kier alpha value is -0.950. The zero-order valence-electron chi connectivity index (χ0n) is 40.3. The molecule has 3 unspecified atom stereocenters. The smallest absolute Gasteiger partial charge is 0.264 e. The molecule has 0 aromatic rings. The predicted molar refractivity (Wildman–Crippen MR) is 246 cm³/mol. The fourth-order valence-corrected chi connectivity index (χ4v) is 6.83. The van der Waals surface area contributed by atoms with Gasteiger partial charge in [0, 0.05) is 13.0 Å². The Labute approximate surface area is 392 Å². The minimum atomic E-state index is -3.90. The van der Waals surface area contributed by atoms with Crippen molar-refractivity contribution >= 4 is 10.1 Å².